The zero-order chi connectivity index (χ0) is 16.5. The zero-order valence-corrected chi connectivity index (χ0v) is 16.0. The minimum Gasteiger partial charge on any atom is -0.342 e. The first kappa shape index (κ1) is 18.7. The first-order valence-corrected chi connectivity index (χ1v) is 9.78. The lowest BCUT2D eigenvalue weighted by atomic mass is 9.81. The summed E-state index contributed by atoms with van der Waals surface area (Å²) in [6.45, 7) is 4.17. The van der Waals surface area contributed by atoms with Gasteiger partial charge in [-0.25, -0.2) is 0 Å². The Morgan fingerprint density at radius 3 is 2.44 bits per heavy atom. The Kier molecular flexibility index (Phi) is 6.06. The predicted molar refractivity (Wildman–Crippen MR) is 104 cm³/mol. The lowest BCUT2D eigenvalue weighted by molar-refractivity contribution is -0.134. The minimum atomic E-state index is 0. The summed E-state index contributed by atoms with van der Waals surface area (Å²) in [5, 5.41) is 3.68. The van der Waals surface area contributed by atoms with Gasteiger partial charge in [-0.2, -0.15) is 0 Å². The van der Waals surface area contributed by atoms with Crippen molar-refractivity contribution in [3.63, 3.8) is 0 Å². The number of fused-ring (bicyclic) bond motifs is 2. The molecule has 0 saturated carbocycles. The van der Waals surface area contributed by atoms with E-state index in [-0.39, 0.29) is 12.4 Å². The van der Waals surface area contributed by atoms with Crippen LogP contribution in [0.5, 0.6) is 0 Å². The number of nitrogens with one attached hydrogen (secondary N) is 1. The van der Waals surface area contributed by atoms with Gasteiger partial charge in [0.15, 0.2) is 0 Å². The highest BCUT2D eigenvalue weighted by Crippen LogP contribution is 2.35. The molecule has 138 valence electrons. The molecule has 2 bridgehead atoms. The van der Waals surface area contributed by atoms with E-state index in [4.69, 9.17) is 0 Å². The maximum Gasteiger partial charge on any atom is 0.222 e. The van der Waals surface area contributed by atoms with Crippen LogP contribution < -0.4 is 5.32 Å². The molecular weight excluding hydrogens is 332 g/mol. The molecule has 0 radical (unpaired) electrons. The van der Waals surface area contributed by atoms with Crippen molar-refractivity contribution in [3.05, 3.63) is 35.9 Å². The van der Waals surface area contributed by atoms with E-state index in [0.29, 0.717) is 35.7 Å². The topological polar surface area (TPSA) is 32.3 Å². The molecule has 25 heavy (non-hydrogen) atoms. The zero-order valence-electron chi connectivity index (χ0n) is 15.2. The molecule has 1 N–H and O–H groups in total. The summed E-state index contributed by atoms with van der Waals surface area (Å²) in [7, 11) is 0. The summed E-state index contributed by atoms with van der Waals surface area (Å²) < 4.78 is 0. The summed E-state index contributed by atoms with van der Waals surface area (Å²) in [6, 6.07) is 12.2. The monoisotopic (exact) mass is 362 g/mol. The van der Waals surface area contributed by atoms with Crippen LogP contribution in [0.3, 0.4) is 0 Å². The van der Waals surface area contributed by atoms with E-state index < -0.39 is 0 Å². The molecule has 3 nitrogen and oxygen atoms in total. The Labute approximate surface area is 158 Å². The number of benzene rings is 1. The molecule has 0 spiro atoms. The van der Waals surface area contributed by atoms with Crippen molar-refractivity contribution in [3.8, 4) is 0 Å². The van der Waals surface area contributed by atoms with Crippen LogP contribution in [0.15, 0.2) is 30.3 Å². The summed E-state index contributed by atoms with van der Waals surface area (Å²) in [5.41, 5.74) is 1.44. The number of amides is 1. The molecule has 1 amide bonds. The van der Waals surface area contributed by atoms with Crippen LogP contribution in [0.4, 0.5) is 0 Å². The maximum atomic E-state index is 12.8. The number of carbonyl (C=O) groups excluding carboxylic acids is 1. The average Bonchev–Trinajstić information content (AvgIpc) is 2.94. The number of halogens is 1. The number of rotatable bonds is 3. The molecule has 0 aromatic heterocycles. The van der Waals surface area contributed by atoms with Crippen molar-refractivity contribution < 1.29 is 4.79 Å². The fraction of sp³-hybridized carbons (Fsp3) is 0.667. The van der Waals surface area contributed by atoms with E-state index >= 15 is 0 Å². The van der Waals surface area contributed by atoms with Gasteiger partial charge >= 0.3 is 0 Å². The molecule has 4 heteroatoms. The Bertz CT molecular complexity index is 567. The van der Waals surface area contributed by atoms with Crippen LogP contribution in [0.2, 0.25) is 0 Å². The van der Waals surface area contributed by atoms with Crippen LogP contribution in [0.1, 0.15) is 56.9 Å². The third-order valence-electron chi connectivity index (χ3n) is 6.52. The lowest BCUT2D eigenvalue weighted by Gasteiger charge is -2.38. The minimum absolute atomic E-state index is 0. The molecule has 1 aromatic carbocycles. The van der Waals surface area contributed by atoms with E-state index in [1.807, 2.05) is 0 Å². The molecule has 3 fully saturated rings. The lowest BCUT2D eigenvalue weighted by Crippen LogP contribution is -2.44. The van der Waals surface area contributed by atoms with Crippen LogP contribution in [0.25, 0.3) is 0 Å². The van der Waals surface area contributed by atoms with Gasteiger partial charge in [-0.3, -0.25) is 4.79 Å². The molecular formula is C21H31ClN2O. The van der Waals surface area contributed by atoms with Crippen molar-refractivity contribution in [2.45, 2.75) is 63.5 Å². The second kappa shape index (κ2) is 8.09. The van der Waals surface area contributed by atoms with E-state index in [1.165, 1.54) is 31.2 Å². The SMILES string of the molecule is CC1CN(C(=O)CC2CC3CCC(C2)N3)CCC1c1ccccc1.Cl. The summed E-state index contributed by atoms with van der Waals surface area (Å²) in [5.74, 6) is 2.16. The third kappa shape index (κ3) is 4.20. The number of piperidine rings is 2. The molecule has 4 unspecified atom stereocenters. The average molecular weight is 363 g/mol. The van der Waals surface area contributed by atoms with Crippen molar-refractivity contribution in [1.82, 2.24) is 10.2 Å². The highest BCUT2D eigenvalue weighted by atomic mass is 35.5. The summed E-state index contributed by atoms with van der Waals surface area (Å²) in [4.78, 5) is 14.9. The molecule has 0 aliphatic carbocycles. The smallest absolute Gasteiger partial charge is 0.222 e. The normalized spacial score (nSPS) is 34.4. The standard InChI is InChI=1S/C21H30N2O.ClH/c1-15-14-23(10-9-20(15)17-5-3-2-4-6-17)21(24)13-16-11-18-7-8-19(12-16)22-18;/h2-6,15-16,18-20,22H,7-14H2,1H3;1H. The Balaban J connectivity index is 0.00000182. The molecule has 4 rings (SSSR count). The van der Waals surface area contributed by atoms with Gasteiger partial charge < -0.3 is 10.2 Å². The number of hydrogen-bond donors (Lipinski definition) is 1. The predicted octanol–water partition coefficient (Wildman–Crippen LogP) is 3.98. The number of carbonyl (C=O) groups is 1. The largest absolute Gasteiger partial charge is 0.342 e. The molecule has 3 aliphatic heterocycles. The quantitative estimate of drug-likeness (QED) is 0.882. The van der Waals surface area contributed by atoms with Gasteiger partial charge in [0.1, 0.15) is 0 Å². The van der Waals surface area contributed by atoms with Crippen molar-refractivity contribution in [1.29, 1.82) is 0 Å². The Morgan fingerprint density at radius 2 is 1.80 bits per heavy atom. The highest BCUT2D eigenvalue weighted by Gasteiger charge is 2.36. The van der Waals surface area contributed by atoms with Gasteiger partial charge in [0.2, 0.25) is 5.91 Å². The second-order valence-corrected chi connectivity index (χ2v) is 8.30. The molecule has 3 heterocycles. The number of likely N-dealkylation sites (tertiary alicyclic amines) is 1. The van der Waals surface area contributed by atoms with Gasteiger partial charge in [-0.1, -0.05) is 37.3 Å². The van der Waals surface area contributed by atoms with Crippen LogP contribution in [-0.4, -0.2) is 36.0 Å². The van der Waals surface area contributed by atoms with Gasteiger partial charge in [0, 0.05) is 31.6 Å². The van der Waals surface area contributed by atoms with Crippen LogP contribution in [-0.2, 0) is 4.79 Å². The molecule has 3 saturated heterocycles. The van der Waals surface area contributed by atoms with Gasteiger partial charge in [-0.15, -0.1) is 12.4 Å². The summed E-state index contributed by atoms with van der Waals surface area (Å²) in [6.07, 6.45) is 6.92. The maximum absolute atomic E-state index is 12.8. The molecule has 4 atom stereocenters. The van der Waals surface area contributed by atoms with Gasteiger partial charge in [0.05, 0.1) is 0 Å². The van der Waals surface area contributed by atoms with Crippen molar-refractivity contribution >= 4 is 18.3 Å². The van der Waals surface area contributed by atoms with E-state index in [2.05, 4.69) is 47.5 Å². The molecule has 1 aromatic rings. The van der Waals surface area contributed by atoms with E-state index in [9.17, 15) is 4.79 Å². The summed E-state index contributed by atoms with van der Waals surface area (Å²) >= 11 is 0. The second-order valence-electron chi connectivity index (χ2n) is 8.30. The van der Waals surface area contributed by atoms with E-state index in [0.717, 1.165) is 25.9 Å². The molecule has 3 aliphatic rings. The van der Waals surface area contributed by atoms with Gasteiger partial charge in [0.25, 0.3) is 0 Å². The third-order valence-corrected chi connectivity index (χ3v) is 6.52. The first-order valence-electron chi connectivity index (χ1n) is 9.78. The van der Waals surface area contributed by atoms with Crippen molar-refractivity contribution in [2.75, 3.05) is 13.1 Å². The number of hydrogen-bond acceptors (Lipinski definition) is 2. The van der Waals surface area contributed by atoms with E-state index in [1.54, 1.807) is 0 Å². The highest BCUT2D eigenvalue weighted by molar-refractivity contribution is 5.85. The number of nitrogens with zero attached hydrogens (tertiary/aromatic N) is 1. The fourth-order valence-corrected chi connectivity index (χ4v) is 5.29. The Morgan fingerprint density at radius 1 is 1.12 bits per heavy atom. The van der Waals surface area contributed by atoms with Crippen LogP contribution >= 0.6 is 12.4 Å². The van der Waals surface area contributed by atoms with Gasteiger partial charge in [-0.05, 0) is 55.4 Å². The fourth-order valence-electron chi connectivity index (χ4n) is 5.29. The van der Waals surface area contributed by atoms with Crippen molar-refractivity contribution in [2.24, 2.45) is 11.8 Å². The van der Waals surface area contributed by atoms with Crippen LogP contribution in [0, 0.1) is 11.8 Å². The first-order chi connectivity index (χ1) is 11.7. The Hall–Kier alpha value is -1.06.